The van der Waals surface area contributed by atoms with Crippen LogP contribution in [0.25, 0.3) is 0 Å². The number of nitrogens with one attached hydrogen (secondary N) is 1. The molecule has 0 aliphatic heterocycles. The summed E-state index contributed by atoms with van der Waals surface area (Å²) in [4.78, 5) is 0. The summed E-state index contributed by atoms with van der Waals surface area (Å²) in [5.74, 6) is 0.652. The molecule has 0 amide bonds. The molecule has 1 aliphatic carbocycles. The van der Waals surface area contributed by atoms with Crippen molar-refractivity contribution < 1.29 is 0 Å². The van der Waals surface area contributed by atoms with E-state index in [2.05, 4.69) is 50.4 Å². The lowest BCUT2D eigenvalue weighted by atomic mass is 9.86. The molecule has 0 radical (unpaired) electrons. The molecule has 2 heteroatoms. The summed E-state index contributed by atoms with van der Waals surface area (Å²) in [5.41, 5.74) is 2.99. The number of benzene rings is 1. The van der Waals surface area contributed by atoms with Gasteiger partial charge in [0.1, 0.15) is 0 Å². The molecule has 2 rings (SSSR count). The summed E-state index contributed by atoms with van der Waals surface area (Å²) in [6.45, 7) is 8.76. The van der Waals surface area contributed by atoms with E-state index in [1.807, 2.05) is 0 Å². The van der Waals surface area contributed by atoms with E-state index >= 15 is 0 Å². The molecule has 0 saturated heterocycles. The fourth-order valence-corrected chi connectivity index (χ4v) is 3.29. The van der Waals surface area contributed by atoms with Gasteiger partial charge in [0.05, 0.1) is 0 Å². The quantitative estimate of drug-likeness (QED) is 0.781. The molecule has 112 valence electrons. The minimum Gasteiger partial charge on any atom is -0.312 e. The standard InChI is InChI=1S/C18H28ClN/c1-18(2,3)16-10-8-14(9-11-16)12-20-13-15-6-4-5-7-17(15)19/h8-11,15,17,20H,4-7,12-13H2,1-3H3. The van der Waals surface area contributed by atoms with Crippen LogP contribution in [0.15, 0.2) is 24.3 Å². The van der Waals surface area contributed by atoms with Crippen LogP contribution in [0.5, 0.6) is 0 Å². The van der Waals surface area contributed by atoms with Crippen molar-refractivity contribution in [2.45, 2.75) is 63.8 Å². The number of halogens is 1. The summed E-state index contributed by atoms with van der Waals surface area (Å²) in [6, 6.07) is 8.99. The summed E-state index contributed by atoms with van der Waals surface area (Å²) < 4.78 is 0. The van der Waals surface area contributed by atoms with Crippen LogP contribution in [-0.4, -0.2) is 11.9 Å². The Labute approximate surface area is 129 Å². The van der Waals surface area contributed by atoms with Gasteiger partial charge in [0.15, 0.2) is 0 Å². The summed E-state index contributed by atoms with van der Waals surface area (Å²) >= 11 is 6.40. The zero-order valence-electron chi connectivity index (χ0n) is 13.1. The van der Waals surface area contributed by atoms with E-state index in [1.165, 1.54) is 36.8 Å². The van der Waals surface area contributed by atoms with Crippen LogP contribution in [0.3, 0.4) is 0 Å². The molecule has 2 unspecified atom stereocenters. The van der Waals surface area contributed by atoms with Gasteiger partial charge >= 0.3 is 0 Å². The number of hydrogen-bond donors (Lipinski definition) is 1. The van der Waals surface area contributed by atoms with Gasteiger partial charge in [-0.15, -0.1) is 11.6 Å². The minimum atomic E-state index is 0.236. The molecule has 1 aromatic rings. The Morgan fingerprint density at radius 3 is 2.35 bits per heavy atom. The first-order valence-corrected chi connectivity index (χ1v) is 8.34. The zero-order valence-corrected chi connectivity index (χ0v) is 13.8. The highest BCUT2D eigenvalue weighted by Crippen LogP contribution is 2.28. The third-order valence-corrected chi connectivity index (χ3v) is 4.95. The Morgan fingerprint density at radius 2 is 1.75 bits per heavy atom. The Balaban J connectivity index is 1.79. The van der Waals surface area contributed by atoms with E-state index < -0.39 is 0 Å². The summed E-state index contributed by atoms with van der Waals surface area (Å²) in [6.07, 6.45) is 5.12. The van der Waals surface area contributed by atoms with E-state index in [0.29, 0.717) is 11.3 Å². The average Bonchev–Trinajstić information content (AvgIpc) is 2.40. The molecular formula is C18H28ClN. The minimum absolute atomic E-state index is 0.236. The average molecular weight is 294 g/mol. The molecule has 1 aromatic carbocycles. The van der Waals surface area contributed by atoms with Crippen molar-refractivity contribution in [1.29, 1.82) is 0 Å². The summed E-state index contributed by atoms with van der Waals surface area (Å²) in [5, 5.41) is 3.95. The van der Waals surface area contributed by atoms with Crippen LogP contribution in [0, 0.1) is 5.92 Å². The van der Waals surface area contributed by atoms with Crippen LogP contribution >= 0.6 is 11.6 Å². The molecule has 1 aliphatic rings. The third-order valence-electron chi connectivity index (χ3n) is 4.37. The normalized spacial score (nSPS) is 23.8. The van der Waals surface area contributed by atoms with Crippen LogP contribution < -0.4 is 5.32 Å². The Morgan fingerprint density at radius 1 is 1.10 bits per heavy atom. The van der Waals surface area contributed by atoms with Gasteiger partial charge in [-0.25, -0.2) is 0 Å². The van der Waals surface area contributed by atoms with Crippen molar-refractivity contribution in [2.75, 3.05) is 6.54 Å². The molecule has 0 bridgehead atoms. The second-order valence-corrected chi connectivity index (χ2v) is 7.70. The highest BCUT2D eigenvalue weighted by atomic mass is 35.5. The van der Waals surface area contributed by atoms with Gasteiger partial charge in [-0.05, 0) is 41.8 Å². The fraction of sp³-hybridized carbons (Fsp3) is 0.667. The third kappa shape index (κ3) is 4.49. The Bertz CT molecular complexity index is 404. The van der Waals surface area contributed by atoms with Crippen molar-refractivity contribution in [3.63, 3.8) is 0 Å². The Kier molecular flexibility index (Phi) is 5.51. The van der Waals surface area contributed by atoms with E-state index in [1.54, 1.807) is 0 Å². The van der Waals surface area contributed by atoms with Gasteiger partial charge < -0.3 is 5.32 Å². The van der Waals surface area contributed by atoms with Crippen molar-refractivity contribution in [1.82, 2.24) is 5.32 Å². The predicted molar refractivity (Wildman–Crippen MR) is 88.4 cm³/mol. The van der Waals surface area contributed by atoms with Crippen molar-refractivity contribution in [3.05, 3.63) is 35.4 Å². The Hall–Kier alpha value is -0.530. The maximum Gasteiger partial charge on any atom is 0.0376 e. The lowest BCUT2D eigenvalue weighted by Crippen LogP contribution is -2.30. The van der Waals surface area contributed by atoms with Crippen LogP contribution in [0.4, 0.5) is 0 Å². The zero-order chi connectivity index (χ0) is 14.6. The van der Waals surface area contributed by atoms with Crippen molar-refractivity contribution in [2.24, 2.45) is 5.92 Å². The first-order chi connectivity index (χ1) is 9.47. The van der Waals surface area contributed by atoms with Crippen LogP contribution in [-0.2, 0) is 12.0 Å². The monoisotopic (exact) mass is 293 g/mol. The second-order valence-electron chi connectivity index (χ2n) is 7.14. The predicted octanol–water partition coefficient (Wildman–Crippen LogP) is 4.87. The highest BCUT2D eigenvalue weighted by Gasteiger charge is 2.22. The number of alkyl halides is 1. The molecule has 0 spiro atoms. The summed E-state index contributed by atoms with van der Waals surface area (Å²) in [7, 11) is 0. The lowest BCUT2D eigenvalue weighted by molar-refractivity contribution is 0.348. The molecule has 1 saturated carbocycles. The van der Waals surface area contributed by atoms with Gasteiger partial charge in [0, 0.05) is 11.9 Å². The largest absolute Gasteiger partial charge is 0.312 e. The van der Waals surface area contributed by atoms with Gasteiger partial charge in [-0.3, -0.25) is 0 Å². The van der Waals surface area contributed by atoms with Crippen molar-refractivity contribution >= 4 is 11.6 Å². The molecule has 0 heterocycles. The van der Waals surface area contributed by atoms with Crippen LogP contribution in [0.2, 0.25) is 0 Å². The van der Waals surface area contributed by atoms with Gasteiger partial charge in [0.2, 0.25) is 0 Å². The number of rotatable bonds is 4. The van der Waals surface area contributed by atoms with E-state index in [0.717, 1.165) is 13.1 Å². The fourth-order valence-electron chi connectivity index (χ4n) is 2.92. The van der Waals surface area contributed by atoms with E-state index in [-0.39, 0.29) is 5.41 Å². The number of hydrogen-bond acceptors (Lipinski definition) is 1. The highest BCUT2D eigenvalue weighted by molar-refractivity contribution is 6.20. The van der Waals surface area contributed by atoms with Crippen molar-refractivity contribution in [3.8, 4) is 0 Å². The second kappa shape index (κ2) is 6.95. The molecule has 1 nitrogen and oxygen atoms in total. The molecule has 1 N–H and O–H groups in total. The molecule has 0 aromatic heterocycles. The van der Waals surface area contributed by atoms with Gasteiger partial charge in [-0.2, -0.15) is 0 Å². The van der Waals surface area contributed by atoms with Gasteiger partial charge in [0.25, 0.3) is 0 Å². The maximum absolute atomic E-state index is 6.40. The molecule has 2 atom stereocenters. The van der Waals surface area contributed by atoms with E-state index in [4.69, 9.17) is 11.6 Å². The molecule has 1 fully saturated rings. The maximum atomic E-state index is 6.40. The first-order valence-electron chi connectivity index (χ1n) is 7.91. The van der Waals surface area contributed by atoms with Crippen LogP contribution in [0.1, 0.15) is 57.6 Å². The van der Waals surface area contributed by atoms with Gasteiger partial charge in [-0.1, -0.05) is 57.9 Å². The SMILES string of the molecule is CC(C)(C)c1ccc(CNCC2CCCCC2Cl)cc1. The molecule has 20 heavy (non-hydrogen) atoms. The molecular weight excluding hydrogens is 266 g/mol. The van der Waals surface area contributed by atoms with E-state index in [9.17, 15) is 0 Å². The lowest BCUT2D eigenvalue weighted by Gasteiger charge is -2.27. The topological polar surface area (TPSA) is 12.0 Å². The first kappa shape index (κ1) is 15.9. The smallest absolute Gasteiger partial charge is 0.0376 e.